The van der Waals surface area contributed by atoms with Gasteiger partial charge in [-0.05, 0) is 17.9 Å². The largest absolute Gasteiger partial charge is 0.303 e. The van der Waals surface area contributed by atoms with Crippen molar-refractivity contribution in [2.45, 2.75) is 19.3 Å². The van der Waals surface area contributed by atoms with Gasteiger partial charge in [0.2, 0.25) is 0 Å². The minimum absolute atomic E-state index is 0.0681. The molecule has 1 fully saturated rings. The summed E-state index contributed by atoms with van der Waals surface area (Å²) < 4.78 is 0. The summed E-state index contributed by atoms with van der Waals surface area (Å²) in [4.78, 5) is 10.7. The molecule has 0 N–H and O–H groups in total. The summed E-state index contributed by atoms with van der Waals surface area (Å²) in [5, 5.41) is 0. The van der Waals surface area contributed by atoms with Crippen molar-refractivity contribution in [2.75, 3.05) is 0 Å². The Bertz CT molecular complexity index is 291. The van der Waals surface area contributed by atoms with Crippen molar-refractivity contribution in [1.82, 2.24) is 0 Å². The lowest BCUT2D eigenvalue weighted by molar-refractivity contribution is -0.111. The maximum atomic E-state index is 10.7. The van der Waals surface area contributed by atoms with E-state index < -0.39 is 0 Å². The lowest BCUT2D eigenvalue weighted by atomic mass is 10.0. The van der Waals surface area contributed by atoms with Crippen LogP contribution in [0, 0.1) is 5.41 Å². The van der Waals surface area contributed by atoms with Gasteiger partial charge in [0.15, 0.2) is 0 Å². The fraction of sp³-hybridized carbons (Fsp3) is 0.364. The molecule has 1 nitrogen and oxygen atoms in total. The highest BCUT2D eigenvalue weighted by Crippen LogP contribution is 2.57. The molecule has 12 heavy (non-hydrogen) atoms. The molecule has 1 aromatic rings. The Hall–Kier alpha value is -1.11. The van der Waals surface area contributed by atoms with Gasteiger partial charge in [-0.3, -0.25) is 0 Å². The van der Waals surface area contributed by atoms with Crippen molar-refractivity contribution in [3.8, 4) is 0 Å². The number of hydrogen-bond acceptors (Lipinski definition) is 1. The standard InChI is InChI=1S/C11H12O/c1-11(8-12)7-10(11)9-5-3-2-4-6-9/h2-6,8,10H,7H2,1H3. The first-order valence-corrected chi connectivity index (χ1v) is 4.27. The van der Waals surface area contributed by atoms with Gasteiger partial charge in [-0.2, -0.15) is 0 Å². The van der Waals surface area contributed by atoms with Crippen molar-refractivity contribution in [1.29, 1.82) is 0 Å². The topological polar surface area (TPSA) is 17.1 Å². The summed E-state index contributed by atoms with van der Waals surface area (Å²) in [6.45, 7) is 2.03. The molecule has 0 bridgehead atoms. The van der Waals surface area contributed by atoms with Crippen LogP contribution in [-0.2, 0) is 4.79 Å². The highest BCUT2D eigenvalue weighted by atomic mass is 16.1. The Morgan fingerprint density at radius 1 is 1.42 bits per heavy atom. The van der Waals surface area contributed by atoms with E-state index in [9.17, 15) is 4.79 Å². The van der Waals surface area contributed by atoms with Crippen molar-refractivity contribution in [2.24, 2.45) is 5.41 Å². The lowest BCUT2D eigenvalue weighted by Gasteiger charge is -2.00. The van der Waals surface area contributed by atoms with E-state index in [-0.39, 0.29) is 5.41 Å². The molecule has 2 atom stereocenters. The van der Waals surface area contributed by atoms with Gasteiger partial charge in [0.05, 0.1) is 0 Å². The predicted molar refractivity (Wildman–Crippen MR) is 48.0 cm³/mol. The predicted octanol–water partition coefficient (Wildman–Crippen LogP) is 2.38. The number of carbonyl (C=O) groups is 1. The first-order chi connectivity index (χ1) is 5.76. The van der Waals surface area contributed by atoms with Crippen LogP contribution >= 0.6 is 0 Å². The van der Waals surface area contributed by atoms with Crippen LogP contribution < -0.4 is 0 Å². The van der Waals surface area contributed by atoms with Gasteiger partial charge in [0.1, 0.15) is 6.29 Å². The van der Waals surface area contributed by atoms with E-state index in [1.54, 1.807) is 0 Å². The second-order valence-electron chi connectivity index (χ2n) is 3.79. The maximum absolute atomic E-state index is 10.7. The molecule has 2 unspecified atom stereocenters. The molecule has 62 valence electrons. The zero-order valence-corrected chi connectivity index (χ0v) is 7.16. The smallest absolute Gasteiger partial charge is 0.126 e. The Morgan fingerprint density at radius 3 is 2.58 bits per heavy atom. The number of benzene rings is 1. The van der Waals surface area contributed by atoms with Crippen molar-refractivity contribution in [3.05, 3.63) is 35.9 Å². The fourth-order valence-electron chi connectivity index (χ4n) is 1.70. The highest BCUT2D eigenvalue weighted by Gasteiger charge is 2.50. The molecular weight excluding hydrogens is 148 g/mol. The van der Waals surface area contributed by atoms with E-state index in [4.69, 9.17) is 0 Å². The van der Waals surface area contributed by atoms with Crippen LogP contribution in [0.1, 0.15) is 24.8 Å². The minimum Gasteiger partial charge on any atom is -0.303 e. The Kier molecular flexibility index (Phi) is 1.53. The summed E-state index contributed by atoms with van der Waals surface area (Å²) in [5.74, 6) is 0.469. The molecule has 1 aromatic carbocycles. The molecule has 0 aliphatic heterocycles. The summed E-state index contributed by atoms with van der Waals surface area (Å²) in [6, 6.07) is 10.3. The zero-order valence-electron chi connectivity index (χ0n) is 7.16. The van der Waals surface area contributed by atoms with Crippen LogP contribution in [0.15, 0.2) is 30.3 Å². The van der Waals surface area contributed by atoms with Gasteiger partial charge >= 0.3 is 0 Å². The summed E-state index contributed by atoms with van der Waals surface area (Å²) in [7, 11) is 0. The van der Waals surface area contributed by atoms with Crippen LogP contribution in [0.2, 0.25) is 0 Å². The third-order valence-corrected chi connectivity index (χ3v) is 2.75. The SMILES string of the molecule is CC1(C=O)CC1c1ccccc1. The second-order valence-corrected chi connectivity index (χ2v) is 3.79. The Balaban J connectivity index is 2.21. The van der Waals surface area contributed by atoms with E-state index in [2.05, 4.69) is 12.1 Å². The normalized spacial score (nSPS) is 32.9. The van der Waals surface area contributed by atoms with Crippen molar-refractivity contribution >= 4 is 6.29 Å². The molecule has 1 heteroatoms. The zero-order chi connectivity index (χ0) is 8.60. The second kappa shape index (κ2) is 2.44. The van der Waals surface area contributed by atoms with Crippen LogP contribution in [-0.4, -0.2) is 6.29 Å². The summed E-state index contributed by atoms with van der Waals surface area (Å²) in [5.41, 5.74) is 1.23. The molecule has 1 saturated carbocycles. The first kappa shape index (κ1) is 7.53. The number of aldehydes is 1. The van der Waals surface area contributed by atoms with Gasteiger partial charge < -0.3 is 4.79 Å². The third-order valence-electron chi connectivity index (χ3n) is 2.75. The van der Waals surface area contributed by atoms with E-state index in [0.29, 0.717) is 5.92 Å². The van der Waals surface area contributed by atoms with Gasteiger partial charge in [0, 0.05) is 5.41 Å². The first-order valence-electron chi connectivity index (χ1n) is 4.27. The van der Waals surface area contributed by atoms with Gasteiger partial charge in [-0.1, -0.05) is 37.3 Å². The maximum Gasteiger partial charge on any atom is 0.126 e. The number of hydrogen-bond donors (Lipinski definition) is 0. The van der Waals surface area contributed by atoms with Crippen LogP contribution in [0.5, 0.6) is 0 Å². The van der Waals surface area contributed by atoms with Gasteiger partial charge in [-0.15, -0.1) is 0 Å². The Labute approximate surface area is 72.4 Å². The van der Waals surface area contributed by atoms with E-state index >= 15 is 0 Å². The van der Waals surface area contributed by atoms with E-state index in [0.717, 1.165) is 12.7 Å². The summed E-state index contributed by atoms with van der Waals surface area (Å²) >= 11 is 0. The number of rotatable bonds is 2. The molecular formula is C11H12O. The Morgan fingerprint density at radius 2 is 2.08 bits per heavy atom. The van der Waals surface area contributed by atoms with E-state index in [1.807, 2.05) is 25.1 Å². The average molecular weight is 160 g/mol. The highest BCUT2D eigenvalue weighted by molar-refractivity contribution is 5.67. The fourth-order valence-corrected chi connectivity index (χ4v) is 1.70. The molecule has 0 amide bonds. The molecule has 0 radical (unpaired) electrons. The lowest BCUT2D eigenvalue weighted by Crippen LogP contribution is -1.97. The van der Waals surface area contributed by atoms with Gasteiger partial charge in [-0.25, -0.2) is 0 Å². The summed E-state index contributed by atoms with van der Waals surface area (Å²) in [6.07, 6.45) is 2.10. The van der Waals surface area contributed by atoms with E-state index in [1.165, 1.54) is 5.56 Å². The van der Waals surface area contributed by atoms with Gasteiger partial charge in [0.25, 0.3) is 0 Å². The monoisotopic (exact) mass is 160 g/mol. The van der Waals surface area contributed by atoms with Crippen LogP contribution in [0.25, 0.3) is 0 Å². The number of carbonyl (C=O) groups excluding carboxylic acids is 1. The molecule has 0 spiro atoms. The molecule has 0 heterocycles. The third kappa shape index (κ3) is 1.06. The van der Waals surface area contributed by atoms with Crippen LogP contribution in [0.3, 0.4) is 0 Å². The molecule has 1 aliphatic rings. The quantitative estimate of drug-likeness (QED) is 0.607. The van der Waals surface area contributed by atoms with Crippen molar-refractivity contribution in [3.63, 3.8) is 0 Å². The molecule has 2 rings (SSSR count). The van der Waals surface area contributed by atoms with Crippen molar-refractivity contribution < 1.29 is 4.79 Å². The average Bonchev–Trinajstić information content (AvgIpc) is 2.81. The molecule has 0 aromatic heterocycles. The minimum atomic E-state index is -0.0681. The molecule has 1 aliphatic carbocycles. The molecule has 0 saturated heterocycles. The van der Waals surface area contributed by atoms with Crippen LogP contribution in [0.4, 0.5) is 0 Å².